The lowest BCUT2D eigenvalue weighted by molar-refractivity contribution is 0.467. The van der Waals surface area contributed by atoms with Crippen LogP contribution in [0.1, 0.15) is 5.56 Å². The molecule has 0 unspecified atom stereocenters. The van der Waals surface area contributed by atoms with Gasteiger partial charge < -0.3 is 0 Å². The van der Waals surface area contributed by atoms with Crippen LogP contribution in [0.2, 0.25) is 5.02 Å². The van der Waals surface area contributed by atoms with Crippen LogP contribution in [0.25, 0.3) is 0 Å². The molecule has 0 aliphatic carbocycles. The summed E-state index contributed by atoms with van der Waals surface area (Å²) in [5.41, 5.74) is 0.856. The van der Waals surface area contributed by atoms with Gasteiger partial charge in [0, 0.05) is 18.6 Å². The van der Waals surface area contributed by atoms with Crippen molar-refractivity contribution < 1.29 is 8.42 Å². The van der Waals surface area contributed by atoms with Gasteiger partial charge in [0.05, 0.1) is 4.90 Å². The highest BCUT2D eigenvalue weighted by Gasteiger charge is 2.20. The lowest BCUT2D eigenvalue weighted by Crippen LogP contribution is -2.26. The summed E-state index contributed by atoms with van der Waals surface area (Å²) in [7, 11) is -1.90. The number of sulfonamides is 1. The Morgan fingerprint density at radius 2 is 1.74 bits per heavy atom. The molecule has 0 fully saturated rings. The summed E-state index contributed by atoms with van der Waals surface area (Å²) in [6.07, 6.45) is 0. The largest absolute Gasteiger partial charge is 0.243 e. The van der Waals surface area contributed by atoms with E-state index in [4.69, 9.17) is 11.6 Å². The molecular formula is C14H14ClNO2S. The highest BCUT2D eigenvalue weighted by molar-refractivity contribution is 7.89. The van der Waals surface area contributed by atoms with E-state index in [-0.39, 0.29) is 6.54 Å². The van der Waals surface area contributed by atoms with Crippen LogP contribution in [0.4, 0.5) is 0 Å². The maximum atomic E-state index is 12.3. The van der Waals surface area contributed by atoms with Crippen molar-refractivity contribution in [3.8, 4) is 0 Å². The third kappa shape index (κ3) is 3.35. The minimum absolute atomic E-state index is 0.289. The Kier molecular flexibility index (Phi) is 4.24. The third-order valence-electron chi connectivity index (χ3n) is 2.75. The van der Waals surface area contributed by atoms with Crippen molar-refractivity contribution in [2.24, 2.45) is 0 Å². The Morgan fingerprint density at radius 3 is 2.37 bits per heavy atom. The van der Waals surface area contributed by atoms with Gasteiger partial charge in [-0.1, -0.05) is 41.9 Å². The maximum absolute atomic E-state index is 12.3. The Hall–Kier alpha value is -1.36. The second kappa shape index (κ2) is 5.74. The van der Waals surface area contributed by atoms with Crippen LogP contribution in [0.15, 0.2) is 59.5 Å². The number of halogens is 1. The van der Waals surface area contributed by atoms with E-state index < -0.39 is 10.0 Å². The van der Waals surface area contributed by atoms with Crippen LogP contribution in [-0.4, -0.2) is 19.8 Å². The number of benzene rings is 2. The molecule has 0 radical (unpaired) electrons. The highest BCUT2D eigenvalue weighted by atomic mass is 35.5. The first-order valence-electron chi connectivity index (χ1n) is 5.76. The molecule has 3 nitrogen and oxygen atoms in total. The van der Waals surface area contributed by atoms with Gasteiger partial charge >= 0.3 is 0 Å². The zero-order valence-electron chi connectivity index (χ0n) is 10.5. The molecule has 0 N–H and O–H groups in total. The summed E-state index contributed by atoms with van der Waals surface area (Å²) in [6, 6.07) is 15.6. The quantitative estimate of drug-likeness (QED) is 0.869. The van der Waals surface area contributed by atoms with Crippen molar-refractivity contribution in [2.45, 2.75) is 11.4 Å². The molecule has 5 heteroatoms. The minimum atomic E-state index is -3.46. The number of nitrogens with zero attached hydrogens (tertiary/aromatic N) is 1. The Bertz CT molecular complexity index is 656. The topological polar surface area (TPSA) is 37.4 Å². The summed E-state index contributed by atoms with van der Waals surface area (Å²) in [6.45, 7) is 0.289. The van der Waals surface area contributed by atoms with Crippen molar-refractivity contribution in [3.05, 3.63) is 65.2 Å². The van der Waals surface area contributed by atoms with Crippen LogP contribution in [0.5, 0.6) is 0 Å². The summed E-state index contributed by atoms with van der Waals surface area (Å²) in [5, 5.41) is 0.600. The van der Waals surface area contributed by atoms with Crippen molar-refractivity contribution in [1.82, 2.24) is 4.31 Å². The van der Waals surface area contributed by atoms with E-state index in [1.807, 2.05) is 6.07 Å². The molecule has 2 aromatic rings. The maximum Gasteiger partial charge on any atom is 0.243 e. The standard InChI is InChI=1S/C14H14ClNO2S/c1-16(11-12-6-5-7-13(15)10-12)19(17,18)14-8-3-2-4-9-14/h2-10H,11H2,1H3. The van der Waals surface area contributed by atoms with Gasteiger partial charge in [-0.25, -0.2) is 8.42 Å². The lowest BCUT2D eigenvalue weighted by atomic mass is 10.2. The highest BCUT2D eigenvalue weighted by Crippen LogP contribution is 2.18. The molecule has 0 aliphatic heterocycles. The van der Waals surface area contributed by atoms with E-state index in [2.05, 4.69) is 0 Å². The molecule has 19 heavy (non-hydrogen) atoms. The van der Waals surface area contributed by atoms with Gasteiger partial charge in [-0.2, -0.15) is 4.31 Å². The van der Waals surface area contributed by atoms with E-state index in [1.54, 1.807) is 55.6 Å². The molecule has 0 aromatic heterocycles. The number of hydrogen-bond donors (Lipinski definition) is 0. The molecule has 0 atom stereocenters. The summed E-state index contributed by atoms with van der Waals surface area (Å²) < 4.78 is 25.9. The van der Waals surface area contributed by atoms with Crippen LogP contribution < -0.4 is 0 Å². The van der Waals surface area contributed by atoms with Gasteiger partial charge in [-0.3, -0.25) is 0 Å². The fourth-order valence-electron chi connectivity index (χ4n) is 1.75. The van der Waals surface area contributed by atoms with Crippen molar-refractivity contribution in [2.75, 3.05) is 7.05 Å². The Labute approximate surface area is 118 Å². The van der Waals surface area contributed by atoms with E-state index in [1.165, 1.54) is 4.31 Å². The normalized spacial score (nSPS) is 11.7. The fourth-order valence-corrected chi connectivity index (χ4v) is 3.14. The molecule has 0 spiro atoms. The molecule has 0 bridgehead atoms. The predicted octanol–water partition coefficient (Wildman–Crippen LogP) is 3.16. The molecule has 2 rings (SSSR count). The molecule has 2 aromatic carbocycles. The first-order valence-corrected chi connectivity index (χ1v) is 7.58. The number of hydrogen-bond acceptors (Lipinski definition) is 2. The van der Waals surface area contributed by atoms with Crippen molar-refractivity contribution >= 4 is 21.6 Å². The summed E-state index contributed by atoms with van der Waals surface area (Å²) >= 11 is 5.89. The van der Waals surface area contributed by atoms with Crippen LogP contribution in [-0.2, 0) is 16.6 Å². The van der Waals surface area contributed by atoms with Gasteiger partial charge in [0.1, 0.15) is 0 Å². The van der Waals surface area contributed by atoms with E-state index in [9.17, 15) is 8.42 Å². The smallest absolute Gasteiger partial charge is 0.207 e. The van der Waals surface area contributed by atoms with Gasteiger partial charge in [-0.15, -0.1) is 0 Å². The van der Waals surface area contributed by atoms with E-state index >= 15 is 0 Å². The summed E-state index contributed by atoms with van der Waals surface area (Å²) in [4.78, 5) is 0.291. The second-order valence-electron chi connectivity index (χ2n) is 4.20. The first-order chi connectivity index (χ1) is 9.00. The van der Waals surface area contributed by atoms with E-state index in [0.29, 0.717) is 9.92 Å². The Morgan fingerprint density at radius 1 is 1.05 bits per heavy atom. The molecule has 100 valence electrons. The zero-order valence-corrected chi connectivity index (χ0v) is 12.0. The molecular weight excluding hydrogens is 282 g/mol. The monoisotopic (exact) mass is 295 g/mol. The van der Waals surface area contributed by atoms with Gasteiger partial charge in [0.15, 0.2) is 0 Å². The third-order valence-corrected chi connectivity index (χ3v) is 4.80. The predicted molar refractivity (Wildman–Crippen MR) is 76.5 cm³/mol. The van der Waals surface area contributed by atoms with Gasteiger partial charge in [0.2, 0.25) is 10.0 Å². The van der Waals surface area contributed by atoms with Gasteiger partial charge in [0.25, 0.3) is 0 Å². The van der Waals surface area contributed by atoms with Crippen LogP contribution >= 0.6 is 11.6 Å². The Balaban J connectivity index is 2.23. The zero-order chi connectivity index (χ0) is 13.9. The average molecular weight is 296 g/mol. The molecule has 0 heterocycles. The fraction of sp³-hybridized carbons (Fsp3) is 0.143. The van der Waals surface area contributed by atoms with Crippen molar-refractivity contribution in [1.29, 1.82) is 0 Å². The van der Waals surface area contributed by atoms with E-state index in [0.717, 1.165) is 5.56 Å². The second-order valence-corrected chi connectivity index (χ2v) is 6.69. The van der Waals surface area contributed by atoms with Crippen molar-refractivity contribution in [3.63, 3.8) is 0 Å². The average Bonchev–Trinajstić information content (AvgIpc) is 2.39. The lowest BCUT2D eigenvalue weighted by Gasteiger charge is -2.17. The van der Waals surface area contributed by atoms with Crippen LogP contribution in [0.3, 0.4) is 0 Å². The first kappa shape index (κ1) is 14.1. The summed E-state index contributed by atoms with van der Waals surface area (Å²) in [5.74, 6) is 0. The molecule has 0 amide bonds. The molecule has 0 saturated carbocycles. The molecule has 0 aliphatic rings. The van der Waals surface area contributed by atoms with Crippen LogP contribution in [0, 0.1) is 0 Å². The SMILES string of the molecule is CN(Cc1cccc(Cl)c1)S(=O)(=O)c1ccccc1. The minimum Gasteiger partial charge on any atom is -0.207 e. The molecule has 0 saturated heterocycles. The number of rotatable bonds is 4. The van der Waals surface area contributed by atoms with Gasteiger partial charge in [-0.05, 0) is 29.8 Å².